The molecule has 0 rings (SSSR count). The molecule has 0 aromatic carbocycles. The first kappa shape index (κ1) is 36.6. The number of rotatable bonds is 2. The lowest BCUT2D eigenvalue weighted by Gasteiger charge is -1.79. The van der Waals surface area contributed by atoms with E-state index in [4.69, 9.17) is 10.2 Å². The molecule has 0 radical (unpaired) electrons. The second-order valence-electron chi connectivity index (χ2n) is 2.17. The highest BCUT2D eigenvalue weighted by molar-refractivity contribution is 5.85. The summed E-state index contributed by atoms with van der Waals surface area (Å²) in [7, 11) is 0. The van der Waals surface area contributed by atoms with Crippen molar-refractivity contribution in [3.05, 3.63) is 24.3 Å². The number of hydrogen-bond donors (Lipinski definition) is 2. The zero-order chi connectivity index (χ0) is 10.3. The number of carboxylic acid groups (broad SMARTS) is 2. The Morgan fingerprint density at radius 1 is 0.750 bits per heavy atom. The van der Waals surface area contributed by atoms with Gasteiger partial charge in [0.15, 0.2) is 0 Å². The Bertz CT molecular complexity index is 169. The first-order valence-corrected chi connectivity index (χ1v) is 3.06. The molecule has 0 saturated heterocycles. The van der Waals surface area contributed by atoms with Gasteiger partial charge in [0.05, 0.1) is 0 Å². The van der Waals surface area contributed by atoms with E-state index in [1.807, 2.05) is 0 Å². The van der Waals surface area contributed by atoms with Gasteiger partial charge in [-0.3, -0.25) is 0 Å². The highest BCUT2D eigenvalue weighted by Crippen LogP contribution is 1.81. The van der Waals surface area contributed by atoms with Crippen LogP contribution in [0.1, 0.15) is 43.6 Å². The average molecular weight is 236 g/mol. The van der Waals surface area contributed by atoms with Gasteiger partial charge in [-0.15, -0.1) is 0 Å². The minimum atomic E-state index is -0.935. The second kappa shape index (κ2) is 19.1. The van der Waals surface area contributed by atoms with Gasteiger partial charge >= 0.3 is 11.9 Å². The van der Waals surface area contributed by atoms with E-state index in [9.17, 15) is 9.59 Å². The largest absolute Gasteiger partial charge is 0.478 e. The predicted molar refractivity (Wildman–Crippen MR) is 71.8 cm³/mol. The monoisotopic (exact) mass is 236 g/mol. The van der Waals surface area contributed by atoms with Crippen molar-refractivity contribution in [2.24, 2.45) is 0 Å². The molecule has 0 saturated carbocycles. The zero-order valence-electron chi connectivity index (χ0n) is 7.13. The smallest absolute Gasteiger partial charge is 0.330 e. The first-order chi connectivity index (χ1) is 5.29. The maximum Gasteiger partial charge on any atom is 0.330 e. The van der Waals surface area contributed by atoms with E-state index < -0.39 is 11.9 Å². The molecular formula is C12H28O4. The van der Waals surface area contributed by atoms with Crippen LogP contribution in [0.25, 0.3) is 0 Å². The Labute approximate surface area is 100 Å². The van der Waals surface area contributed by atoms with Crippen molar-refractivity contribution >= 4 is 11.9 Å². The molecule has 4 heteroatoms. The molecule has 0 bridgehead atoms. The zero-order valence-corrected chi connectivity index (χ0v) is 7.13. The molecule has 0 aliphatic carbocycles. The van der Waals surface area contributed by atoms with Gasteiger partial charge in [-0.05, 0) is 13.8 Å². The maximum absolute atomic E-state index is 9.60. The molecule has 4 nitrogen and oxygen atoms in total. The van der Waals surface area contributed by atoms with Gasteiger partial charge < -0.3 is 10.2 Å². The fourth-order valence-electron chi connectivity index (χ4n) is 0. The van der Waals surface area contributed by atoms with Gasteiger partial charge in [-0.1, -0.05) is 42.9 Å². The molecule has 0 unspecified atom stereocenters. The lowest BCUT2D eigenvalue weighted by atomic mass is 10.4. The molecule has 0 aromatic rings. The summed E-state index contributed by atoms with van der Waals surface area (Å²) in [6.07, 6.45) is 0. The minimum absolute atomic E-state index is 0. The van der Waals surface area contributed by atoms with Gasteiger partial charge in [0.1, 0.15) is 0 Å². The van der Waals surface area contributed by atoms with E-state index in [1.54, 1.807) is 0 Å². The van der Waals surface area contributed by atoms with Crippen LogP contribution in [-0.2, 0) is 9.59 Å². The SMILES string of the molecule is C.C.C.C.C=C(C)C(=O)O.C=C(C)C(=O)O. The van der Waals surface area contributed by atoms with Crippen molar-refractivity contribution < 1.29 is 19.8 Å². The standard InChI is InChI=1S/2C4H6O2.4CH4/c2*1-3(2)4(5)6;;;;/h2*1H2,2H3,(H,5,6);4*1H4. The normalized spacial score (nSPS) is 5.62. The van der Waals surface area contributed by atoms with Crippen molar-refractivity contribution in [2.45, 2.75) is 43.6 Å². The topological polar surface area (TPSA) is 74.6 Å². The molecule has 0 heterocycles. The molecule has 0 aliphatic rings. The van der Waals surface area contributed by atoms with E-state index in [-0.39, 0.29) is 40.9 Å². The number of carbonyl (C=O) groups is 2. The van der Waals surface area contributed by atoms with Gasteiger partial charge in [0.2, 0.25) is 0 Å². The van der Waals surface area contributed by atoms with Crippen molar-refractivity contribution in [3.63, 3.8) is 0 Å². The molecule has 16 heavy (non-hydrogen) atoms. The average Bonchev–Trinajstić information content (AvgIpc) is 1.88. The summed E-state index contributed by atoms with van der Waals surface area (Å²) in [6, 6.07) is 0. The molecule has 0 aromatic heterocycles. The Kier molecular flexibility index (Phi) is 43.7. The molecule has 0 spiro atoms. The van der Waals surface area contributed by atoms with Crippen molar-refractivity contribution in [3.8, 4) is 0 Å². The second-order valence-corrected chi connectivity index (χ2v) is 2.17. The summed E-state index contributed by atoms with van der Waals surface area (Å²) in [4.78, 5) is 19.2. The summed E-state index contributed by atoms with van der Waals surface area (Å²) >= 11 is 0. The number of aliphatic carboxylic acids is 2. The lowest BCUT2D eigenvalue weighted by Crippen LogP contribution is -1.92. The highest BCUT2D eigenvalue weighted by Gasteiger charge is 1.90. The van der Waals surface area contributed by atoms with E-state index in [0.29, 0.717) is 0 Å². The number of hydrogen-bond acceptors (Lipinski definition) is 2. The fraction of sp³-hybridized carbons (Fsp3) is 0.500. The van der Waals surface area contributed by atoms with Crippen molar-refractivity contribution in [1.82, 2.24) is 0 Å². The van der Waals surface area contributed by atoms with Crippen LogP contribution in [-0.4, -0.2) is 22.2 Å². The van der Waals surface area contributed by atoms with Gasteiger partial charge in [0, 0.05) is 11.1 Å². The van der Waals surface area contributed by atoms with Crippen LogP contribution >= 0.6 is 0 Å². The maximum atomic E-state index is 9.60. The molecule has 0 aliphatic heterocycles. The van der Waals surface area contributed by atoms with Gasteiger partial charge in [-0.25, -0.2) is 9.59 Å². The van der Waals surface area contributed by atoms with Crippen LogP contribution in [0.3, 0.4) is 0 Å². The molecule has 100 valence electrons. The van der Waals surface area contributed by atoms with Crippen molar-refractivity contribution in [2.75, 3.05) is 0 Å². The van der Waals surface area contributed by atoms with Crippen LogP contribution < -0.4 is 0 Å². The van der Waals surface area contributed by atoms with Crippen LogP contribution in [0, 0.1) is 0 Å². The highest BCUT2D eigenvalue weighted by atomic mass is 16.4. The first-order valence-electron chi connectivity index (χ1n) is 3.06. The van der Waals surface area contributed by atoms with E-state index >= 15 is 0 Å². The fourth-order valence-corrected chi connectivity index (χ4v) is 0. The molecule has 2 N–H and O–H groups in total. The molecular weight excluding hydrogens is 208 g/mol. The van der Waals surface area contributed by atoms with Crippen LogP contribution in [0.4, 0.5) is 0 Å². The van der Waals surface area contributed by atoms with Gasteiger partial charge in [-0.2, -0.15) is 0 Å². The molecule has 0 atom stereocenters. The minimum Gasteiger partial charge on any atom is -0.478 e. The third kappa shape index (κ3) is 39.3. The third-order valence-electron chi connectivity index (χ3n) is 0.730. The lowest BCUT2D eigenvalue weighted by molar-refractivity contribution is -0.133. The predicted octanol–water partition coefficient (Wildman–Crippen LogP) is 3.84. The van der Waals surface area contributed by atoms with E-state index in [0.717, 1.165) is 0 Å². The summed E-state index contributed by atoms with van der Waals surface area (Å²) in [5.41, 5.74) is 0.352. The molecule has 0 amide bonds. The summed E-state index contributed by atoms with van der Waals surface area (Å²) in [6.45, 7) is 9.20. The summed E-state index contributed by atoms with van der Waals surface area (Å²) in [5.74, 6) is -1.87. The van der Waals surface area contributed by atoms with Crippen molar-refractivity contribution in [1.29, 1.82) is 0 Å². The Balaban J connectivity index is -0.0000000250. The van der Waals surface area contributed by atoms with Gasteiger partial charge in [0.25, 0.3) is 0 Å². The Morgan fingerprint density at radius 3 is 0.812 bits per heavy atom. The Morgan fingerprint density at radius 2 is 0.812 bits per heavy atom. The van der Waals surface area contributed by atoms with Crippen LogP contribution in [0.2, 0.25) is 0 Å². The molecule has 0 fully saturated rings. The van der Waals surface area contributed by atoms with E-state index in [1.165, 1.54) is 13.8 Å². The number of carboxylic acids is 2. The van der Waals surface area contributed by atoms with Crippen LogP contribution in [0.5, 0.6) is 0 Å². The summed E-state index contributed by atoms with van der Waals surface area (Å²) in [5, 5.41) is 15.8. The Hall–Kier alpha value is -1.58. The van der Waals surface area contributed by atoms with E-state index in [2.05, 4.69) is 13.2 Å². The van der Waals surface area contributed by atoms with Crippen LogP contribution in [0.15, 0.2) is 24.3 Å². The quantitative estimate of drug-likeness (QED) is 0.714. The third-order valence-corrected chi connectivity index (χ3v) is 0.730. The summed E-state index contributed by atoms with van der Waals surface area (Å²) < 4.78 is 0.